The predicted octanol–water partition coefficient (Wildman–Crippen LogP) is 4.31. The van der Waals surface area contributed by atoms with Crippen molar-refractivity contribution in [3.8, 4) is 0 Å². The number of nitrogens with zero attached hydrogens (tertiary/aromatic N) is 3. The molecule has 1 fully saturated rings. The van der Waals surface area contributed by atoms with Crippen LogP contribution in [-0.4, -0.2) is 41.9 Å². The van der Waals surface area contributed by atoms with Crippen LogP contribution in [0.1, 0.15) is 15.9 Å². The van der Waals surface area contributed by atoms with Crippen LogP contribution in [0.4, 0.5) is 21.5 Å². The number of nitro groups is 1. The van der Waals surface area contributed by atoms with Gasteiger partial charge >= 0.3 is 0 Å². The molecule has 0 unspecified atom stereocenters. The molecule has 1 amide bonds. The first-order chi connectivity index (χ1) is 15.5. The molecule has 0 bridgehead atoms. The Labute approximate surface area is 185 Å². The lowest BCUT2D eigenvalue weighted by atomic mass is 10.1. The number of anilines is 2. The average molecular weight is 434 g/mol. The van der Waals surface area contributed by atoms with E-state index in [4.69, 9.17) is 0 Å². The smallest absolute Gasteiger partial charge is 0.292 e. The Bertz CT molecular complexity index is 1100. The van der Waals surface area contributed by atoms with Crippen LogP contribution < -0.4 is 10.2 Å². The van der Waals surface area contributed by atoms with Crippen molar-refractivity contribution in [2.75, 3.05) is 36.4 Å². The van der Waals surface area contributed by atoms with Gasteiger partial charge in [0.2, 0.25) is 0 Å². The van der Waals surface area contributed by atoms with Gasteiger partial charge in [0, 0.05) is 50.0 Å². The van der Waals surface area contributed by atoms with Crippen LogP contribution in [0.5, 0.6) is 0 Å². The molecule has 3 aromatic carbocycles. The molecule has 7 nitrogen and oxygen atoms in total. The van der Waals surface area contributed by atoms with E-state index in [0.29, 0.717) is 44.0 Å². The highest BCUT2D eigenvalue weighted by Gasteiger charge is 2.24. The zero-order chi connectivity index (χ0) is 22.5. The number of halogens is 1. The van der Waals surface area contributed by atoms with Crippen LogP contribution in [0.2, 0.25) is 0 Å². The first-order valence-corrected chi connectivity index (χ1v) is 10.4. The number of piperazine rings is 1. The number of amides is 1. The maximum absolute atomic E-state index is 13.1. The normalized spacial score (nSPS) is 13.7. The molecule has 1 saturated heterocycles. The van der Waals surface area contributed by atoms with Crippen molar-refractivity contribution in [2.24, 2.45) is 0 Å². The summed E-state index contributed by atoms with van der Waals surface area (Å²) in [5, 5.41) is 14.7. The molecule has 32 heavy (non-hydrogen) atoms. The van der Waals surface area contributed by atoms with E-state index in [-0.39, 0.29) is 17.4 Å². The molecule has 0 saturated carbocycles. The summed E-state index contributed by atoms with van der Waals surface area (Å²) in [6, 6.07) is 20.3. The van der Waals surface area contributed by atoms with Gasteiger partial charge in [0.05, 0.1) is 4.92 Å². The predicted molar refractivity (Wildman–Crippen MR) is 121 cm³/mol. The fraction of sp³-hybridized carbons (Fsp3) is 0.208. The van der Waals surface area contributed by atoms with Gasteiger partial charge in [-0.2, -0.15) is 0 Å². The number of nitro benzene ring substituents is 1. The lowest BCUT2D eigenvalue weighted by Gasteiger charge is -2.36. The molecule has 3 aromatic rings. The number of hydrogen-bond acceptors (Lipinski definition) is 5. The number of benzene rings is 3. The van der Waals surface area contributed by atoms with Crippen molar-refractivity contribution in [3.05, 3.63) is 99.9 Å². The summed E-state index contributed by atoms with van der Waals surface area (Å²) < 4.78 is 13.1. The number of hydrogen-bond donors (Lipinski definition) is 1. The SMILES string of the molecule is O=C(c1ccc(F)cc1)N1CCN(c2ccc([N+](=O)[O-])c(NCc3ccccc3)c2)CC1. The molecule has 0 spiro atoms. The Morgan fingerprint density at radius 1 is 0.969 bits per heavy atom. The van der Waals surface area contributed by atoms with Crippen molar-refractivity contribution in [3.63, 3.8) is 0 Å². The van der Waals surface area contributed by atoms with Crippen LogP contribution in [0.15, 0.2) is 72.8 Å². The summed E-state index contributed by atoms with van der Waals surface area (Å²) in [5.74, 6) is -0.500. The van der Waals surface area contributed by atoms with E-state index < -0.39 is 4.92 Å². The molecular formula is C24H23FN4O3. The molecule has 1 aliphatic rings. The highest BCUT2D eigenvalue weighted by atomic mass is 19.1. The van der Waals surface area contributed by atoms with E-state index in [9.17, 15) is 19.3 Å². The summed E-state index contributed by atoms with van der Waals surface area (Å²) in [7, 11) is 0. The van der Waals surface area contributed by atoms with Gasteiger partial charge < -0.3 is 15.1 Å². The van der Waals surface area contributed by atoms with Gasteiger partial charge in [-0.25, -0.2) is 4.39 Å². The van der Waals surface area contributed by atoms with Crippen LogP contribution in [0, 0.1) is 15.9 Å². The molecule has 1 heterocycles. The standard InChI is InChI=1S/C24H23FN4O3/c25-20-8-6-19(7-9-20)24(30)28-14-12-27(13-15-28)21-10-11-23(29(31)32)22(16-21)26-17-18-4-2-1-3-5-18/h1-11,16,26H,12-15,17H2. The number of carbonyl (C=O) groups is 1. The highest BCUT2D eigenvalue weighted by molar-refractivity contribution is 5.94. The zero-order valence-electron chi connectivity index (χ0n) is 17.4. The fourth-order valence-electron chi connectivity index (χ4n) is 3.76. The second-order valence-corrected chi connectivity index (χ2v) is 7.58. The maximum atomic E-state index is 13.1. The first-order valence-electron chi connectivity index (χ1n) is 10.4. The number of rotatable bonds is 6. The van der Waals surface area contributed by atoms with Gasteiger partial charge in [0.15, 0.2) is 0 Å². The third-order valence-electron chi connectivity index (χ3n) is 5.53. The number of carbonyl (C=O) groups excluding carboxylic acids is 1. The summed E-state index contributed by atoms with van der Waals surface area (Å²) >= 11 is 0. The zero-order valence-corrected chi connectivity index (χ0v) is 17.4. The van der Waals surface area contributed by atoms with Crippen LogP contribution in [-0.2, 0) is 6.54 Å². The van der Waals surface area contributed by atoms with Gasteiger partial charge in [-0.3, -0.25) is 14.9 Å². The molecule has 1 aliphatic heterocycles. The van der Waals surface area contributed by atoms with Crippen molar-refractivity contribution < 1.29 is 14.1 Å². The van der Waals surface area contributed by atoms with E-state index in [1.165, 1.54) is 30.3 Å². The quantitative estimate of drug-likeness (QED) is 0.462. The molecular weight excluding hydrogens is 411 g/mol. The van der Waals surface area contributed by atoms with Crippen molar-refractivity contribution in [1.82, 2.24) is 4.90 Å². The van der Waals surface area contributed by atoms with Crippen molar-refractivity contribution in [2.45, 2.75) is 6.54 Å². The summed E-state index contributed by atoms with van der Waals surface area (Å²) in [4.78, 5) is 27.6. The average Bonchev–Trinajstić information content (AvgIpc) is 2.83. The molecule has 164 valence electrons. The molecule has 1 N–H and O–H groups in total. The molecule has 4 rings (SSSR count). The third-order valence-corrected chi connectivity index (χ3v) is 5.53. The maximum Gasteiger partial charge on any atom is 0.292 e. The van der Waals surface area contributed by atoms with Crippen molar-refractivity contribution >= 4 is 23.0 Å². The van der Waals surface area contributed by atoms with Crippen LogP contribution in [0.3, 0.4) is 0 Å². The lowest BCUT2D eigenvalue weighted by molar-refractivity contribution is -0.384. The second kappa shape index (κ2) is 9.47. The Balaban J connectivity index is 1.44. The van der Waals surface area contributed by atoms with Gasteiger partial charge in [-0.1, -0.05) is 30.3 Å². The number of nitrogens with one attached hydrogen (secondary N) is 1. The molecule has 0 atom stereocenters. The Hall–Kier alpha value is -3.94. The minimum absolute atomic E-state index is 0.0230. The fourth-order valence-corrected chi connectivity index (χ4v) is 3.76. The van der Waals surface area contributed by atoms with Gasteiger partial charge in [-0.05, 0) is 42.0 Å². The molecule has 0 radical (unpaired) electrons. The van der Waals surface area contributed by atoms with E-state index in [2.05, 4.69) is 10.2 Å². The summed E-state index contributed by atoms with van der Waals surface area (Å²) in [5.41, 5.74) is 2.83. The Kier molecular flexibility index (Phi) is 6.30. The monoisotopic (exact) mass is 434 g/mol. The summed E-state index contributed by atoms with van der Waals surface area (Å²) in [6.45, 7) is 2.71. The van der Waals surface area contributed by atoms with Crippen LogP contribution in [0.25, 0.3) is 0 Å². The van der Waals surface area contributed by atoms with E-state index in [1.807, 2.05) is 30.3 Å². The van der Waals surface area contributed by atoms with E-state index in [0.717, 1.165) is 11.3 Å². The van der Waals surface area contributed by atoms with Crippen LogP contribution >= 0.6 is 0 Å². The molecule has 0 aliphatic carbocycles. The Morgan fingerprint density at radius 3 is 2.31 bits per heavy atom. The van der Waals surface area contributed by atoms with Gasteiger partial charge in [0.25, 0.3) is 11.6 Å². The summed E-state index contributed by atoms with van der Waals surface area (Å²) in [6.07, 6.45) is 0. The van der Waals surface area contributed by atoms with E-state index >= 15 is 0 Å². The Morgan fingerprint density at radius 2 is 1.66 bits per heavy atom. The van der Waals surface area contributed by atoms with Gasteiger partial charge in [0.1, 0.15) is 11.5 Å². The first kappa shape index (κ1) is 21.3. The van der Waals surface area contributed by atoms with Gasteiger partial charge in [-0.15, -0.1) is 0 Å². The second-order valence-electron chi connectivity index (χ2n) is 7.58. The lowest BCUT2D eigenvalue weighted by Crippen LogP contribution is -2.48. The topological polar surface area (TPSA) is 78.7 Å². The molecule has 0 aromatic heterocycles. The molecule has 8 heteroatoms. The third kappa shape index (κ3) is 4.85. The largest absolute Gasteiger partial charge is 0.375 e. The van der Waals surface area contributed by atoms with Crippen molar-refractivity contribution in [1.29, 1.82) is 0 Å². The minimum atomic E-state index is -0.392. The highest BCUT2D eigenvalue weighted by Crippen LogP contribution is 2.30. The minimum Gasteiger partial charge on any atom is -0.375 e. The van der Waals surface area contributed by atoms with E-state index in [1.54, 1.807) is 17.0 Å².